The molecule has 0 saturated heterocycles. The fraction of sp³-hybridized carbons (Fsp3) is 0.259. The molecule has 0 radical (unpaired) electrons. The summed E-state index contributed by atoms with van der Waals surface area (Å²) in [5.74, 6) is 2.85. The van der Waals surface area contributed by atoms with Gasteiger partial charge in [0.25, 0.3) is 5.91 Å². The number of aromatic nitrogens is 3. The van der Waals surface area contributed by atoms with Crippen molar-refractivity contribution in [2.45, 2.75) is 17.9 Å². The smallest absolute Gasteiger partial charge is 0.259 e. The highest BCUT2D eigenvalue weighted by atomic mass is 32.2. The maximum absolute atomic E-state index is 12.6. The normalized spacial score (nSPS) is 16.2. The lowest BCUT2D eigenvalue weighted by Gasteiger charge is -2.22. The Morgan fingerprint density at radius 1 is 1.11 bits per heavy atom. The van der Waals surface area contributed by atoms with Crippen LogP contribution in [0.4, 0.5) is 11.5 Å². The SMILES string of the molecule is CN(C)C(=O)COc1ccc2c(c1)N(c1nc(-c3ccc4cnccc4c3)nc3c1C[S+]([O-])C3)CC2. The quantitative estimate of drug-likeness (QED) is 0.387. The molecule has 2 aliphatic heterocycles. The Bertz CT molecular complexity index is 1490. The number of hydrogen-bond donors (Lipinski definition) is 0. The summed E-state index contributed by atoms with van der Waals surface area (Å²) in [6, 6.07) is 14.0. The number of pyridine rings is 1. The first-order chi connectivity index (χ1) is 17.5. The molecule has 36 heavy (non-hydrogen) atoms. The number of nitrogens with zero attached hydrogens (tertiary/aromatic N) is 5. The molecule has 0 saturated carbocycles. The molecule has 4 heterocycles. The van der Waals surface area contributed by atoms with E-state index in [1.165, 1.54) is 10.5 Å². The molecule has 2 aliphatic rings. The topological polar surface area (TPSA) is 94.5 Å². The van der Waals surface area contributed by atoms with E-state index in [-0.39, 0.29) is 12.5 Å². The molecular weight excluding hydrogens is 474 g/mol. The van der Waals surface area contributed by atoms with Gasteiger partial charge in [-0.05, 0) is 46.7 Å². The van der Waals surface area contributed by atoms with Crippen molar-refractivity contribution in [1.29, 1.82) is 0 Å². The van der Waals surface area contributed by atoms with Crippen molar-refractivity contribution in [3.05, 3.63) is 71.7 Å². The lowest BCUT2D eigenvalue weighted by molar-refractivity contribution is -0.130. The Morgan fingerprint density at radius 3 is 2.86 bits per heavy atom. The summed E-state index contributed by atoms with van der Waals surface area (Å²) in [7, 11) is 3.42. The third kappa shape index (κ3) is 4.14. The molecular formula is C27H25N5O3S. The number of amides is 1. The van der Waals surface area contributed by atoms with Crippen LogP contribution >= 0.6 is 0 Å². The fourth-order valence-corrected chi connectivity index (χ4v) is 5.93. The molecule has 0 bridgehead atoms. The molecule has 0 fully saturated rings. The molecule has 6 rings (SSSR count). The largest absolute Gasteiger partial charge is 0.616 e. The minimum absolute atomic E-state index is 0.0185. The molecule has 1 amide bonds. The van der Waals surface area contributed by atoms with Gasteiger partial charge in [0.2, 0.25) is 0 Å². The summed E-state index contributed by atoms with van der Waals surface area (Å²) in [6.45, 7) is 0.740. The van der Waals surface area contributed by atoms with Crippen molar-refractivity contribution in [1.82, 2.24) is 19.9 Å². The molecule has 182 valence electrons. The van der Waals surface area contributed by atoms with Crippen LogP contribution in [0.15, 0.2) is 54.9 Å². The van der Waals surface area contributed by atoms with Gasteiger partial charge in [0, 0.05) is 55.7 Å². The molecule has 4 aromatic rings. The van der Waals surface area contributed by atoms with E-state index in [1.54, 1.807) is 20.3 Å². The summed E-state index contributed by atoms with van der Waals surface area (Å²) in [4.78, 5) is 29.7. The number of carbonyl (C=O) groups excluding carboxylic acids is 1. The van der Waals surface area contributed by atoms with Gasteiger partial charge in [0.15, 0.2) is 12.4 Å². The van der Waals surface area contributed by atoms with Crippen LogP contribution in [0.25, 0.3) is 22.2 Å². The Morgan fingerprint density at radius 2 is 2.00 bits per heavy atom. The van der Waals surface area contributed by atoms with E-state index < -0.39 is 11.2 Å². The van der Waals surface area contributed by atoms with Crippen molar-refractivity contribution in [2.24, 2.45) is 0 Å². The number of rotatable bonds is 5. The van der Waals surface area contributed by atoms with E-state index in [9.17, 15) is 9.35 Å². The lowest BCUT2D eigenvalue weighted by atomic mass is 10.1. The van der Waals surface area contributed by atoms with Crippen LogP contribution in [0.2, 0.25) is 0 Å². The lowest BCUT2D eigenvalue weighted by Crippen LogP contribution is -2.27. The zero-order valence-electron chi connectivity index (χ0n) is 20.1. The minimum atomic E-state index is -0.996. The van der Waals surface area contributed by atoms with Crippen LogP contribution in [0.1, 0.15) is 16.8 Å². The second-order valence-corrected chi connectivity index (χ2v) is 10.7. The van der Waals surface area contributed by atoms with Gasteiger partial charge in [-0.2, -0.15) is 0 Å². The van der Waals surface area contributed by atoms with E-state index >= 15 is 0 Å². The zero-order valence-corrected chi connectivity index (χ0v) is 20.9. The Kier molecular flexibility index (Phi) is 5.73. The average molecular weight is 500 g/mol. The first-order valence-corrected chi connectivity index (χ1v) is 13.3. The molecule has 0 N–H and O–H groups in total. The molecule has 9 heteroatoms. The van der Waals surface area contributed by atoms with Gasteiger partial charge in [0.05, 0.1) is 5.56 Å². The maximum atomic E-state index is 12.6. The number of fused-ring (bicyclic) bond motifs is 3. The third-order valence-corrected chi connectivity index (χ3v) is 7.85. The van der Waals surface area contributed by atoms with Gasteiger partial charge in [-0.25, -0.2) is 9.97 Å². The van der Waals surface area contributed by atoms with E-state index in [4.69, 9.17) is 14.7 Å². The van der Waals surface area contributed by atoms with Crippen LogP contribution < -0.4 is 9.64 Å². The highest BCUT2D eigenvalue weighted by Crippen LogP contribution is 2.41. The van der Waals surface area contributed by atoms with Crippen LogP contribution in [0, 0.1) is 0 Å². The van der Waals surface area contributed by atoms with Crippen molar-refractivity contribution in [3.8, 4) is 17.1 Å². The van der Waals surface area contributed by atoms with Crippen molar-refractivity contribution in [3.63, 3.8) is 0 Å². The Labute approximate surface area is 212 Å². The molecule has 2 aromatic heterocycles. The number of ether oxygens (including phenoxy) is 1. The summed E-state index contributed by atoms with van der Waals surface area (Å²) < 4.78 is 18.3. The summed E-state index contributed by atoms with van der Waals surface area (Å²) in [5, 5.41) is 2.12. The van der Waals surface area contributed by atoms with E-state index in [0.29, 0.717) is 23.1 Å². The predicted molar refractivity (Wildman–Crippen MR) is 140 cm³/mol. The second-order valence-electron chi connectivity index (χ2n) is 9.23. The third-order valence-electron chi connectivity index (χ3n) is 6.64. The van der Waals surface area contributed by atoms with Gasteiger partial charge < -0.3 is 19.1 Å². The zero-order chi connectivity index (χ0) is 24.8. The van der Waals surface area contributed by atoms with Crippen LogP contribution in [-0.4, -0.2) is 57.6 Å². The molecule has 8 nitrogen and oxygen atoms in total. The predicted octanol–water partition coefficient (Wildman–Crippen LogP) is 3.62. The van der Waals surface area contributed by atoms with Crippen LogP contribution in [0.5, 0.6) is 5.75 Å². The number of hydrogen-bond acceptors (Lipinski definition) is 7. The molecule has 0 spiro atoms. The fourth-order valence-electron chi connectivity index (χ4n) is 4.67. The van der Waals surface area contributed by atoms with Gasteiger partial charge in [0.1, 0.15) is 28.8 Å². The van der Waals surface area contributed by atoms with Crippen LogP contribution in [-0.2, 0) is 33.9 Å². The standard InChI is InChI=1S/C27H25N5O3S/c1-31(2)25(33)14-35-21-6-5-17-8-10-32(24(17)12-21)27-22-15-36(34)16-23(22)29-26(30-27)19-3-4-20-13-28-9-7-18(20)11-19/h3-7,9,11-13H,8,10,14-16H2,1-2H3. The molecule has 1 unspecified atom stereocenters. The highest BCUT2D eigenvalue weighted by Gasteiger charge is 2.33. The van der Waals surface area contributed by atoms with Crippen molar-refractivity contribution < 1.29 is 14.1 Å². The Balaban J connectivity index is 1.40. The summed E-state index contributed by atoms with van der Waals surface area (Å²) in [5.41, 5.74) is 4.89. The number of likely N-dealkylation sites (N-methyl/N-ethyl adjacent to an activating group) is 1. The van der Waals surface area contributed by atoms with Crippen molar-refractivity contribution >= 4 is 39.4 Å². The molecule has 1 atom stereocenters. The van der Waals surface area contributed by atoms with Gasteiger partial charge in [-0.15, -0.1) is 0 Å². The van der Waals surface area contributed by atoms with Gasteiger partial charge in [-0.3, -0.25) is 9.78 Å². The minimum Gasteiger partial charge on any atom is -0.616 e. The molecule has 2 aromatic carbocycles. The van der Waals surface area contributed by atoms with E-state index in [0.717, 1.165) is 52.1 Å². The second kappa shape index (κ2) is 9.07. The monoisotopic (exact) mass is 499 g/mol. The highest BCUT2D eigenvalue weighted by molar-refractivity contribution is 7.90. The average Bonchev–Trinajstić information content (AvgIpc) is 3.48. The summed E-state index contributed by atoms with van der Waals surface area (Å²) >= 11 is -0.996. The number of benzene rings is 2. The first kappa shape index (κ1) is 22.8. The van der Waals surface area contributed by atoms with E-state index in [2.05, 4.69) is 16.0 Å². The Hall–Kier alpha value is -3.69. The first-order valence-electron chi connectivity index (χ1n) is 11.8. The van der Waals surface area contributed by atoms with Gasteiger partial charge in [-0.1, -0.05) is 18.2 Å². The number of anilines is 2. The maximum Gasteiger partial charge on any atom is 0.259 e. The number of carbonyl (C=O) groups is 1. The molecule has 0 aliphatic carbocycles. The van der Waals surface area contributed by atoms with Crippen molar-refractivity contribution in [2.75, 3.05) is 32.1 Å². The van der Waals surface area contributed by atoms with E-state index in [1.807, 2.05) is 42.6 Å². The summed E-state index contributed by atoms with van der Waals surface area (Å²) in [6.07, 6.45) is 4.48. The van der Waals surface area contributed by atoms with Crippen LogP contribution in [0.3, 0.4) is 0 Å². The van der Waals surface area contributed by atoms with Gasteiger partial charge >= 0.3 is 0 Å².